The Balaban J connectivity index is 1.57. The number of halogens is 1. The van der Waals surface area contributed by atoms with Crippen molar-refractivity contribution in [2.24, 2.45) is 0 Å². The van der Waals surface area contributed by atoms with Gasteiger partial charge in [0.05, 0.1) is 0 Å². The second kappa shape index (κ2) is 9.38. The van der Waals surface area contributed by atoms with E-state index in [-0.39, 0.29) is 0 Å². The molecule has 7 heteroatoms. The fourth-order valence-corrected chi connectivity index (χ4v) is 2.42. The first-order valence-electron chi connectivity index (χ1n) is 7.56. The molecule has 0 spiro atoms. The highest BCUT2D eigenvalue weighted by atomic mass is 35.5. The van der Waals surface area contributed by atoms with E-state index in [9.17, 15) is 0 Å². The van der Waals surface area contributed by atoms with Crippen molar-refractivity contribution in [2.75, 3.05) is 44.2 Å². The number of allylic oxidation sites excluding steroid dienone is 1. The number of rotatable bonds is 8. The minimum atomic E-state index is 0.374. The van der Waals surface area contributed by atoms with Gasteiger partial charge in [-0.2, -0.15) is 6.20 Å². The Morgan fingerprint density at radius 2 is 1.95 bits per heavy atom. The van der Waals surface area contributed by atoms with E-state index < -0.39 is 0 Å². The van der Waals surface area contributed by atoms with Crippen molar-refractivity contribution >= 4 is 23.8 Å². The predicted molar refractivity (Wildman–Crippen MR) is 90.9 cm³/mol. The van der Waals surface area contributed by atoms with Gasteiger partial charge in [-0.05, 0) is 19.0 Å². The molecule has 6 nitrogen and oxygen atoms in total. The molecule has 1 aromatic rings. The Kier molecular flexibility index (Phi) is 7.12. The van der Waals surface area contributed by atoms with E-state index in [4.69, 9.17) is 17.0 Å². The monoisotopic (exact) mass is 321 g/mol. The summed E-state index contributed by atoms with van der Waals surface area (Å²) in [4.78, 5) is 13.3. The van der Waals surface area contributed by atoms with Crippen LogP contribution in [0, 0.1) is 5.41 Å². The van der Waals surface area contributed by atoms with Gasteiger partial charge in [0.2, 0.25) is 5.95 Å². The first-order chi connectivity index (χ1) is 10.8. The molecule has 1 N–H and O–H groups in total. The van der Waals surface area contributed by atoms with Crippen molar-refractivity contribution in [1.82, 2.24) is 14.9 Å². The zero-order valence-electron chi connectivity index (χ0n) is 12.7. The van der Waals surface area contributed by atoms with E-state index in [0.717, 1.165) is 64.3 Å². The van der Waals surface area contributed by atoms with Gasteiger partial charge < -0.3 is 15.6 Å². The van der Waals surface area contributed by atoms with E-state index in [1.54, 1.807) is 18.6 Å². The third-order valence-corrected chi connectivity index (χ3v) is 3.78. The second-order valence-corrected chi connectivity index (χ2v) is 5.59. The summed E-state index contributed by atoms with van der Waals surface area (Å²) in [5.74, 6) is 0.829. The number of nitrogens with one attached hydrogen (secondary N) is 1. The normalized spacial score (nSPS) is 16.6. The summed E-state index contributed by atoms with van der Waals surface area (Å²) in [6.07, 6.45) is 8.39. The van der Waals surface area contributed by atoms with Crippen LogP contribution >= 0.6 is 11.6 Å². The molecule has 0 atom stereocenters. The molecule has 0 unspecified atom stereocenters. The van der Waals surface area contributed by atoms with E-state index in [1.165, 1.54) is 0 Å². The summed E-state index contributed by atoms with van der Waals surface area (Å²) in [6.45, 7) is 5.92. The van der Waals surface area contributed by atoms with Gasteiger partial charge in [-0.3, -0.25) is 4.90 Å². The van der Waals surface area contributed by atoms with Crippen molar-refractivity contribution in [3.8, 4) is 0 Å². The molecular formula is C15H22ClN6-. The number of hydrogen-bond acceptors (Lipinski definition) is 5. The van der Waals surface area contributed by atoms with Crippen LogP contribution in [-0.2, 0) is 0 Å². The van der Waals surface area contributed by atoms with E-state index in [1.807, 2.05) is 6.07 Å². The van der Waals surface area contributed by atoms with Gasteiger partial charge in [0.1, 0.15) is 0 Å². The molecule has 0 saturated carbocycles. The van der Waals surface area contributed by atoms with Crippen LogP contribution in [0.4, 0.5) is 5.95 Å². The quantitative estimate of drug-likeness (QED) is 0.590. The van der Waals surface area contributed by atoms with Crippen LogP contribution in [0.1, 0.15) is 12.8 Å². The molecule has 1 saturated heterocycles. The molecule has 2 heterocycles. The second-order valence-electron chi connectivity index (χ2n) is 5.15. The smallest absolute Gasteiger partial charge is 0.225 e. The molecule has 0 bridgehead atoms. The summed E-state index contributed by atoms with van der Waals surface area (Å²) in [5.41, 5.74) is 0. The van der Waals surface area contributed by atoms with Crippen LogP contribution in [-0.4, -0.2) is 60.4 Å². The molecule has 22 heavy (non-hydrogen) atoms. The average Bonchev–Trinajstić information content (AvgIpc) is 2.59. The first-order valence-corrected chi connectivity index (χ1v) is 7.94. The number of anilines is 1. The lowest BCUT2D eigenvalue weighted by atomic mass is 10.2. The number of unbranched alkanes of at least 4 members (excludes halogenated alkanes) is 1. The molecule has 0 aromatic carbocycles. The Bertz CT molecular complexity index is 470. The van der Waals surface area contributed by atoms with Gasteiger partial charge in [-0.25, -0.2) is 9.97 Å². The minimum Gasteiger partial charge on any atom is -0.689 e. The van der Waals surface area contributed by atoms with Crippen LogP contribution in [0.3, 0.4) is 0 Å². The topological polar surface area (TPSA) is 70.2 Å². The Labute approximate surface area is 136 Å². The summed E-state index contributed by atoms with van der Waals surface area (Å²) in [7, 11) is 0. The molecule has 1 aromatic heterocycles. The Hall–Kier alpha value is -1.66. The Morgan fingerprint density at radius 3 is 2.64 bits per heavy atom. The van der Waals surface area contributed by atoms with Gasteiger partial charge in [0, 0.05) is 49.8 Å². The highest BCUT2D eigenvalue weighted by Crippen LogP contribution is 2.10. The van der Waals surface area contributed by atoms with Crippen molar-refractivity contribution in [3.05, 3.63) is 35.0 Å². The molecule has 120 valence electrons. The van der Waals surface area contributed by atoms with Crippen LogP contribution in [0.2, 0.25) is 0 Å². The number of aromatic nitrogens is 2. The minimum absolute atomic E-state index is 0.374. The Morgan fingerprint density at radius 1 is 1.23 bits per heavy atom. The fraction of sp³-hybridized carbons (Fsp3) is 0.533. The largest absolute Gasteiger partial charge is 0.689 e. The number of nitrogens with zero attached hydrogens (tertiary/aromatic N) is 5. The SMILES string of the molecule is N=C/C(Cl)=C\[N-]CCCCN1CCN(c2ncccn2)CC1. The van der Waals surface area contributed by atoms with Crippen molar-refractivity contribution in [2.45, 2.75) is 12.8 Å². The van der Waals surface area contributed by atoms with E-state index in [0.29, 0.717) is 5.03 Å². The zero-order chi connectivity index (χ0) is 15.6. The van der Waals surface area contributed by atoms with E-state index >= 15 is 0 Å². The van der Waals surface area contributed by atoms with E-state index in [2.05, 4.69) is 25.1 Å². The molecule has 2 rings (SSSR count). The summed E-state index contributed by atoms with van der Waals surface area (Å²) < 4.78 is 0. The molecule has 1 aliphatic rings. The lowest BCUT2D eigenvalue weighted by Gasteiger charge is -2.34. The van der Waals surface area contributed by atoms with Crippen LogP contribution in [0.15, 0.2) is 29.7 Å². The lowest BCUT2D eigenvalue weighted by Crippen LogP contribution is -2.47. The molecule has 0 radical (unpaired) electrons. The van der Waals surface area contributed by atoms with Crippen molar-refractivity contribution in [1.29, 1.82) is 5.41 Å². The van der Waals surface area contributed by atoms with Gasteiger partial charge in [-0.1, -0.05) is 18.0 Å². The van der Waals surface area contributed by atoms with Gasteiger partial charge in [0.15, 0.2) is 0 Å². The van der Waals surface area contributed by atoms with Crippen LogP contribution < -0.4 is 4.90 Å². The molecule has 0 aliphatic carbocycles. The number of piperazine rings is 1. The summed E-state index contributed by atoms with van der Waals surface area (Å²) >= 11 is 5.67. The zero-order valence-corrected chi connectivity index (χ0v) is 13.4. The molecule has 0 amide bonds. The van der Waals surface area contributed by atoms with Gasteiger partial charge in [-0.15, -0.1) is 6.54 Å². The highest BCUT2D eigenvalue weighted by Gasteiger charge is 2.17. The third kappa shape index (κ3) is 5.61. The standard InChI is InChI=1S/C15H22ClN6/c16-14(12-17)13-18-4-1-2-7-21-8-10-22(11-9-21)15-19-5-3-6-20-15/h3,5-6,12-13,17H,1-2,4,7-11H2/q-1/b14-13+,17-12?. The van der Waals surface area contributed by atoms with Crippen molar-refractivity contribution < 1.29 is 0 Å². The maximum Gasteiger partial charge on any atom is 0.225 e. The summed E-state index contributed by atoms with van der Waals surface area (Å²) in [5, 5.41) is 11.5. The summed E-state index contributed by atoms with van der Waals surface area (Å²) in [6, 6.07) is 1.84. The number of hydrogen-bond donors (Lipinski definition) is 1. The highest BCUT2D eigenvalue weighted by molar-refractivity contribution is 6.39. The van der Waals surface area contributed by atoms with Crippen LogP contribution in [0.5, 0.6) is 0 Å². The third-order valence-electron chi connectivity index (χ3n) is 3.57. The van der Waals surface area contributed by atoms with Crippen LogP contribution in [0.25, 0.3) is 5.32 Å². The fourth-order valence-electron chi connectivity index (χ4n) is 2.35. The maximum absolute atomic E-state index is 6.93. The van der Waals surface area contributed by atoms with Crippen molar-refractivity contribution in [3.63, 3.8) is 0 Å². The first kappa shape index (κ1) is 16.7. The van der Waals surface area contributed by atoms with Gasteiger partial charge >= 0.3 is 0 Å². The molecular weight excluding hydrogens is 300 g/mol. The predicted octanol–water partition coefficient (Wildman–Crippen LogP) is 2.48. The molecule has 1 fully saturated rings. The molecule has 1 aliphatic heterocycles. The lowest BCUT2D eigenvalue weighted by molar-refractivity contribution is 0.253. The average molecular weight is 322 g/mol. The van der Waals surface area contributed by atoms with Gasteiger partial charge in [0.25, 0.3) is 0 Å². The maximum atomic E-state index is 6.93.